The molecule has 146 valence electrons. The van der Waals surface area contributed by atoms with Crippen molar-refractivity contribution < 1.29 is 19.1 Å². The molecule has 2 aromatic heterocycles. The second kappa shape index (κ2) is 8.20. The summed E-state index contributed by atoms with van der Waals surface area (Å²) >= 11 is 2.72. The van der Waals surface area contributed by atoms with E-state index in [-0.39, 0.29) is 18.3 Å². The number of rotatable bonds is 6. The normalized spacial score (nSPS) is 11.4. The predicted molar refractivity (Wildman–Crippen MR) is 110 cm³/mol. The fourth-order valence-corrected chi connectivity index (χ4v) is 3.91. The molecule has 0 aliphatic rings. The van der Waals surface area contributed by atoms with Gasteiger partial charge in [-0.05, 0) is 30.3 Å². The van der Waals surface area contributed by atoms with Gasteiger partial charge in [0, 0.05) is 10.3 Å². The van der Waals surface area contributed by atoms with Crippen molar-refractivity contribution in [2.24, 2.45) is 5.41 Å². The van der Waals surface area contributed by atoms with Gasteiger partial charge in [0.15, 0.2) is 6.61 Å². The summed E-state index contributed by atoms with van der Waals surface area (Å²) in [4.78, 5) is 41.9. The van der Waals surface area contributed by atoms with E-state index < -0.39 is 11.4 Å². The van der Waals surface area contributed by atoms with Crippen molar-refractivity contribution in [2.45, 2.75) is 27.3 Å². The molecule has 0 saturated carbocycles. The van der Waals surface area contributed by atoms with E-state index in [0.717, 1.165) is 15.1 Å². The van der Waals surface area contributed by atoms with E-state index in [4.69, 9.17) is 4.74 Å². The lowest BCUT2D eigenvalue weighted by molar-refractivity contribution is -0.128. The Morgan fingerprint density at radius 1 is 1.14 bits per heavy atom. The molecule has 2 heterocycles. The number of hydrogen-bond acceptors (Lipinski definition) is 7. The van der Waals surface area contributed by atoms with Crippen LogP contribution in [0.25, 0.3) is 10.2 Å². The molecule has 1 N–H and O–H groups in total. The third kappa shape index (κ3) is 4.82. The van der Waals surface area contributed by atoms with Gasteiger partial charge in [0.25, 0.3) is 0 Å². The molecule has 0 aliphatic carbocycles. The van der Waals surface area contributed by atoms with E-state index in [1.165, 1.54) is 22.7 Å². The molecule has 0 spiro atoms. The van der Waals surface area contributed by atoms with Gasteiger partial charge in [-0.1, -0.05) is 20.8 Å². The number of carbonyl (C=O) groups excluding carboxylic acids is 3. The summed E-state index contributed by atoms with van der Waals surface area (Å²) in [5, 5.41) is 2.85. The summed E-state index contributed by atoms with van der Waals surface area (Å²) in [5.41, 5.74) is 2.46. The Morgan fingerprint density at radius 2 is 1.93 bits per heavy atom. The van der Waals surface area contributed by atoms with Crippen LogP contribution in [0.1, 0.15) is 45.7 Å². The maximum atomic E-state index is 12.3. The molecule has 3 aromatic rings. The van der Waals surface area contributed by atoms with Crippen LogP contribution in [0.3, 0.4) is 0 Å². The number of ether oxygens (including phenoxy) is 1. The first kappa shape index (κ1) is 20.2. The number of hydrogen-bond donors (Lipinski definition) is 1. The van der Waals surface area contributed by atoms with E-state index in [9.17, 15) is 14.4 Å². The average molecular weight is 417 g/mol. The Morgan fingerprint density at radius 3 is 2.68 bits per heavy atom. The van der Waals surface area contributed by atoms with Crippen LogP contribution < -0.4 is 5.32 Å². The van der Waals surface area contributed by atoms with Crippen LogP contribution in [-0.4, -0.2) is 29.3 Å². The van der Waals surface area contributed by atoms with Gasteiger partial charge < -0.3 is 10.1 Å². The van der Waals surface area contributed by atoms with E-state index in [1.807, 2.05) is 20.8 Å². The van der Waals surface area contributed by atoms with Crippen molar-refractivity contribution in [3.05, 3.63) is 51.2 Å². The number of fused-ring (bicyclic) bond motifs is 1. The molecule has 0 aliphatic heterocycles. The van der Waals surface area contributed by atoms with Gasteiger partial charge in [-0.25, -0.2) is 9.78 Å². The molecule has 8 heteroatoms. The number of Topliss-reactive ketones (excluding diaryl/α,β-unsaturated/α-hetero) is 1. The second-order valence-corrected chi connectivity index (χ2v) is 9.29. The Balaban J connectivity index is 1.54. The van der Waals surface area contributed by atoms with Crippen LogP contribution in [0.15, 0.2) is 35.8 Å². The first-order chi connectivity index (χ1) is 13.2. The average Bonchev–Trinajstić information content (AvgIpc) is 3.31. The number of carbonyl (C=O) groups is 3. The van der Waals surface area contributed by atoms with Crippen molar-refractivity contribution >= 4 is 50.5 Å². The number of nitrogens with zero attached hydrogens (tertiary/aromatic N) is 1. The second-order valence-electron chi connectivity index (χ2n) is 7.23. The first-order valence-corrected chi connectivity index (χ1v) is 10.3. The number of aromatic nitrogens is 1. The Labute approximate surface area is 170 Å². The minimum Gasteiger partial charge on any atom is -0.454 e. The van der Waals surface area contributed by atoms with Crippen LogP contribution in [0, 0.1) is 5.41 Å². The van der Waals surface area contributed by atoms with E-state index in [1.54, 1.807) is 35.8 Å². The lowest BCUT2D eigenvalue weighted by Gasteiger charge is -2.17. The minimum atomic E-state index is -0.544. The molecule has 0 radical (unpaired) electrons. The summed E-state index contributed by atoms with van der Waals surface area (Å²) in [7, 11) is 0. The number of thiazole rings is 1. The highest BCUT2D eigenvalue weighted by Gasteiger charge is 2.21. The highest BCUT2D eigenvalue weighted by Crippen LogP contribution is 2.21. The molecule has 1 amide bonds. The largest absolute Gasteiger partial charge is 0.454 e. The third-order valence-electron chi connectivity index (χ3n) is 3.94. The fraction of sp³-hybridized carbons (Fsp3) is 0.300. The summed E-state index contributed by atoms with van der Waals surface area (Å²) in [5.74, 6) is -0.871. The number of esters is 1. The van der Waals surface area contributed by atoms with Crippen molar-refractivity contribution in [3.8, 4) is 0 Å². The molecule has 0 fully saturated rings. The molecule has 0 bridgehead atoms. The standard InChI is InChI=1S/C20H20N2O4S2/c1-20(2,3)19(25)21-9-13-5-7-16(28-13)15(23)10-26-18(24)12-4-6-14-17(8-12)27-11-22-14/h4-8,11H,9-10H2,1-3H3,(H,21,25). The number of benzene rings is 1. The van der Waals surface area contributed by atoms with Crippen LogP contribution in [0.2, 0.25) is 0 Å². The van der Waals surface area contributed by atoms with Crippen molar-refractivity contribution in [1.82, 2.24) is 10.3 Å². The van der Waals surface area contributed by atoms with Gasteiger partial charge >= 0.3 is 5.97 Å². The third-order valence-corrected chi connectivity index (χ3v) is 5.86. The Hall–Kier alpha value is -2.58. The summed E-state index contributed by atoms with van der Waals surface area (Å²) in [6.45, 7) is 5.56. The molecule has 28 heavy (non-hydrogen) atoms. The van der Waals surface area contributed by atoms with E-state index >= 15 is 0 Å². The van der Waals surface area contributed by atoms with Gasteiger partial charge in [-0.3, -0.25) is 9.59 Å². The monoisotopic (exact) mass is 416 g/mol. The molecule has 0 saturated heterocycles. The van der Waals surface area contributed by atoms with Crippen LogP contribution >= 0.6 is 22.7 Å². The molecule has 1 aromatic carbocycles. The fourth-order valence-electron chi connectivity index (χ4n) is 2.32. The summed E-state index contributed by atoms with van der Waals surface area (Å²) in [6, 6.07) is 8.57. The molecular formula is C20H20N2O4S2. The van der Waals surface area contributed by atoms with Gasteiger partial charge in [0.1, 0.15) is 0 Å². The lowest BCUT2D eigenvalue weighted by atomic mass is 9.96. The quantitative estimate of drug-likeness (QED) is 0.484. The zero-order valence-electron chi connectivity index (χ0n) is 15.8. The Kier molecular flexibility index (Phi) is 5.90. The van der Waals surface area contributed by atoms with Crippen LogP contribution in [-0.2, 0) is 16.1 Å². The van der Waals surface area contributed by atoms with Crippen molar-refractivity contribution in [3.63, 3.8) is 0 Å². The molecule has 3 rings (SSSR count). The van der Waals surface area contributed by atoms with Gasteiger partial charge in [-0.2, -0.15) is 0 Å². The van der Waals surface area contributed by atoms with Gasteiger partial charge in [0.05, 0.1) is 32.7 Å². The molecule has 0 unspecified atom stereocenters. The lowest BCUT2D eigenvalue weighted by Crippen LogP contribution is -2.34. The topological polar surface area (TPSA) is 85.4 Å². The van der Waals surface area contributed by atoms with Crippen LogP contribution in [0.5, 0.6) is 0 Å². The highest BCUT2D eigenvalue weighted by atomic mass is 32.1. The molecular weight excluding hydrogens is 396 g/mol. The zero-order valence-corrected chi connectivity index (χ0v) is 17.4. The minimum absolute atomic E-state index is 0.0550. The van der Waals surface area contributed by atoms with Gasteiger partial charge in [-0.15, -0.1) is 22.7 Å². The summed E-state index contributed by atoms with van der Waals surface area (Å²) in [6.07, 6.45) is 0. The molecule has 0 atom stereocenters. The zero-order chi connectivity index (χ0) is 20.3. The Bertz CT molecular complexity index is 1030. The molecule has 6 nitrogen and oxygen atoms in total. The van der Waals surface area contributed by atoms with E-state index in [2.05, 4.69) is 10.3 Å². The smallest absolute Gasteiger partial charge is 0.338 e. The predicted octanol–water partition coefficient (Wildman–Crippen LogP) is 4.06. The van der Waals surface area contributed by atoms with E-state index in [0.29, 0.717) is 17.0 Å². The number of ketones is 1. The SMILES string of the molecule is CC(C)(C)C(=O)NCc1ccc(C(=O)COC(=O)c2ccc3ncsc3c2)s1. The van der Waals surface area contributed by atoms with Crippen molar-refractivity contribution in [2.75, 3.05) is 6.61 Å². The van der Waals surface area contributed by atoms with Crippen molar-refractivity contribution in [1.29, 1.82) is 0 Å². The number of thiophene rings is 1. The maximum Gasteiger partial charge on any atom is 0.338 e. The highest BCUT2D eigenvalue weighted by molar-refractivity contribution is 7.16. The number of nitrogens with one attached hydrogen (secondary N) is 1. The van der Waals surface area contributed by atoms with Gasteiger partial charge in [0.2, 0.25) is 11.7 Å². The maximum absolute atomic E-state index is 12.3. The summed E-state index contributed by atoms with van der Waals surface area (Å²) < 4.78 is 6.04. The van der Waals surface area contributed by atoms with Crippen LogP contribution in [0.4, 0.5) is 0 Å². The number of amides is 1. The first-order valence-electron chi connectivity index (χ1n) is 8.64.